The Morgan fingerprint density at radius 3 is 2.56 bits per heavy atom. The fourth-order valence-electron chi connectivity index (χ4n) is 6.67. The van der Waals surface area contributed by atoms with E-state index in [0.717, 1.165) is 5.57 Å². The van der Waals surface area contributed by atoms with Crippen molar-refractivity contribution in [2.75, 3.05) is 7.11 Å². The Kier molecular flexibility index (Phi) is 3.69. The normalized spacial score (nSPS) is 46.3. The van der Waals surface area contributed by atoms with Gasteiger partial charge in [-0.15, -0.1) is 0 Å². The molecule has 4 rings (SSSR count). The number of fused-ring (bicyclic) bond motifs is 2. The van der Waals surface area contributed by atoms with Crippen molar-refractivity contribution in [3.63, 3.8) is 0 Å². The number of ether oxygens (including phenoxy) is 2. The van der Waals surface area contributed by atoms with Gasteiger partial charge in [0.15, 0.2) is 11.5 Å². The number of aliphatic hydroxyl groups is 1. The van der Waals surface area contributed by atoms with Gasteiger partial charge in [-0.1, -0.05) is 20.8 Å². The summed E-state index contributed by atoms with van der Waals surface area (Å²) in [6, 6.07) is 0. The second kappa shape index (κ2) is 5.46. The van der Waals surface area contributed by atoms with Crippen LogP contribution in [0.3, 0.4) is 0 Å². The summed E-state index contributed by atoms with van der Waals surface area (Å²) in [5.74, 6) is -2.17. The van der Waals surface area contributed by atoms with Crippen molar-refractivity contribution in [2.45, 2.75) is 46.6 Å². The van der Waals surface area contributed by atoms with Gasteiger partial charge in [0.25, 0.3) is 0 Å². The standard InChI is InChI=1S/C21H26O6/c1-9-6-13(22)19(25)21(4)11(9)7-14-20(3)12(8-15(23)27-14)10(2)17(26-5)16(24)18(20)21/h6,9,11-12,14,18,22H,7-8H2,1-5H3/t9-,11+,12+,14-,18+,20-,21+/m1/s1. The number of ketones is 2. The van der Waals surface area contributed by atoms with Crippen LogP contribution in [0, 0.1) is 34.5 Å². The molecular weight excluding hydrogens is 348 g/mol. The monoisotopic (exact) mass is 374 g/mol. The summed E-state index contributed by atoms with van der Waals surface area (Å²) in [6.45, 7) is 7.52. The van der Waals surface area contributed by atoms with Crippen LogP contribution in [-0.2, 0) is 23.9 Å². The van der Waals surface area contributed by atoms with Crippen LogP contribution in [0.1, 0.15) is 40.5 Å². The molecule has 2 fully saturated rings. The number of esters is 1. The minimum atomic E-state index is -1.06. The van der Waals surface area contributed by atoms with Gasteiger partial charge in [-0.2, -0.15) is 0 Å². The van der Waals surface area contributed by atoms with Gasteiger partial charge in [0, 0.05) is 22.7 Å². The Labute approximate surface area is 158 Å². The van der Waals surface area contributed by atoms with E-state index in [-0.39, 0.29) is 47.4 Å². The summed E-state index contributed by atoms with van der Waals surface area (Å²) in [5, 5.41) is 10.3. The minimum Gasteiger partial charge on any atom is -0.505 e. The van der Waals surface area contributed by atoms with Crippen LogP contribution in [0.4, 0.5) is 0 Å². The molecule has 0 bridgehead atoms. The van der Waals surface area contributed by atoms with Crippen molar-refractivity contribution in [2.24, 2.45) is 34.5 Å². The minimum absolute atomic E-state index is 0.109. The lowest BCUT2D eigenvalue weighted by molar-refractivity contribution is -0.217. The van der Waals surface area contributed by atoms with Crippen LogP contribution in [0.2, 0.25) is 0 Å². The Morgan fingerprint density at radius 2 is 1.93 bits per heavy atom. The lowest BCUT2D eigenvalue weighted by Gasteiger charge is -2.64. The first-order valence-corrected chi connectivity index (χ1v) is 9.52. The molecule has 4 aliphatic rings. The molecule has 0 aromatic rings. The number of carbonyl (C=O) groups is 3. The third kappa shape index (κ3) is 1.99. The number of carbonyl (C=O) groups excluding carboxylic acids is 3. The van der Waals surface area contributed by atoms with Crippen LogP contribution < -0.4 is 0 Å². The summed E-state index contributed by atoms with van der Waals surface area (Å²) >= 11 is 0. The molecule has 146 valence electrons. The maximum absolute atomic E-state index is 13.6. The molecule has 1 N–H and O–H groups in total. The van der Waals surface area contributed by atoms with Crippen molar-refractivity contribution in [1.82, 2.24) is 0 Å². The van der Waals surface area contributed by atoms with Crippen molar-refractivity contribution in [3.05, 3.63) is 23.2 Å². The van der Waals surface area contributed by atoms with E-state index in [2.05, 4.69) is 0 Å². The highest BCUT2D eigenvalue weighted by molar-refractivity contribution is 6.07. The highest BCUT2D eigenvalue weighted by atomic mass is 16.5. The Morgan fingerprint density at radius 1 is 1.26 bits per heavy atom. The lowest BCUT2D eigenvalue weighted by atomic mass is 9.40. The molecule has 1 aliphatic heterocycles. The Bertz CT molecular complexity index is 823. The van der Waals surface area contributed by atoms with E-state index in [9.17, 15) is 19.5 Å². The van der Waals surface area contributed by atoms with E-state index in [0.29, 0.717) is 6.42 Å². The largest absolute Gasteiger partial charge is 0.505 e. The molecule has 7 atom stereocenters. The molecule has 1 saturated heterocycles. The van der Waals surface area contributed by atoms with E-state index >= 15 is 0 Å². The lowest BCUT2D eigenvalue weighted by Crippen LogP contribution is -2.69. The Hall–Kier alpha value is -2.11. The molecular formula is C21H26O6. The van der Waals surface area contributed by atoms with Gasteiger partial charge in [-0.05, 0) is 36.8 Å². The van der Waals surface area contributed by atoms with E-state index in [1.165, 1.54) is 7.11 Å². The first-order chi connectivity index (χ1) is 12.6. The molecule has 0 radical (unpaired) electrons. The first-order valence-electron chi connectivity index (χ1n) is 9.52. The number of methoxy groups -OCH3 is 1. The number of rotatable bonds is 1. The molecule has 27 heavy (non-hydrogen) atoms. The van der Waals surface area contributed by atoms with Gasteiger partial charge in [0.1, 0.15) is 6.10 Å². The third-order valence-electron chi connectivity index (χ3n) is 7.90. The van der Waals surface area contributed by atoms with Gasteiger partial charge in [0.05, 0.1) is 13.5 Å². The second-order valence-corrected chi connectivity index (χ2v) is 8.98. The third-order valence-corrected chi connectivity index (χ3v) is 7.90. The summed E-state index contributed by atoms with van der Waals surface area (Å²) in [4.78, 5) is 39.1. The predicted molar refractivity (Wildman–Crippen MR) is 95.4 cm³/mol. The van der Waals surface area contributed by atoms with Gasteiger partial charge in [0.2, 0.25) is 11.6 Å². The van der Waals surface area contributed by atoms with Gasteiger partial charge < -0.3 is 14.6 Å². The molecule has 0 aromatic carbocycles. The molecule has 3 aliphatic carbocycles. The molecule has 0 amide bonds. The maximum atomic E-state index is 13.6. The SMILES string of the molecule is COC1=C(C)[C@@H]2CC(=O)O[C@@H]3C[C@H]4[C@H](C)C=C(O)C(=O)[C@]4(C)[C@@H](C1=O)[C@@]32C. The van der Waals surface area contributed by atoms with Crippen molar-refractivity contribution < 1.29 is 29.0 Å². The van der Waals surface area contributed by atoms with Gasteiger partial charge >= 0.3 is 5.97 Å². The number of Topliss-reactive ketones (excluding diaryl/α,β-unsaturated/α-hetero) is 2. The van der Waals surface area contributed by atoms with E-state index in [4.69, 9.17) is 9.47 Å². The first kappa shape index (κ1) is 18.3. The zero-order valence-corrected chi connectivity index (χ0v) is 16.4. The van der Waals surface area contributed by atoms with E-state index in [1.807, 2.05) is 20.8 Å². The predicted octanol–water partition coefficient (Wildman–Crippen LogP) is 2.73. The van der Waals surface area contributed by atoms with Crippen molar-refractivity contribution >= 4 is 17.5 Å². The van der Waals surface area contributed by atoms with Crippen LogP contribution in [0.15, 0.2) is 23.2 Å². The fourth-order valence-corrected chi connectivity index (χ4v) is 6.67. The summed E-state index contributed by atoms with van der Waals surface area (Å²) in [7, 11) is 1.45. The smallest absolute Gasteiger partial charge is 0.306 e. The van der Waals surface area contributed by atoms with Crippen LogP contribution >= 0.6 is 0 Å². The summed E-state index contributed by atoms with van der Waals surface area (Å²) < 4.78 is 11.2. The summed E-state index contributed by atoms with van der Waals surface area (Å²) in [6.07, 6.45) is 1.80. The van der Waals surface area contributed by atoms with E-state index < -0.39 is 28.6 Å². The van der Waals surface area contributed by atoms with Gasteiger partial charge in [-0.25, -0.2) is 0 Å². The summed E-state index contributed by atoms with van der Waals surface area (Å²) in [5.41, 5.74) is -1.01. The average Bonchev–Trinajstić information content (AvgIpc) is 2.58. The molecule has 1 heterocycles. The van der Waals surface area contributed by atoms with Crippen LogP contribution in [0.25, 0.3) is 0 Å². The van der Waals surface area contributed by atoms with Crippen LogP contribution in [0.5, 0.6) is 0 Å². The topological polar surface area (TPSA) is 89.9 Å². The number of aliphatic hydroxyl groups excluding tert-OH is 1. The van der Waals surface area contributed by atoms with Gasteiger partial charge in [-0.3, -0.25) is 14.4 Å². The quantitative estimate of drug-likeness (QED) is 0.710. The molecule has 0 spiro atoms. The average molecular weight is 374 g/mol. The molecule has 0 aromatic heterocycles. The van der Waals surface area contributed by atoms with Crippen molar-refractivity contribution in [3.8, 4) is 0 Å². The fraction of sp³-hybridized carbons (Fsp3) is 0.667. The molecule has 1 saturated carbocycles. The maximum Gasteiger partial charge on any atom is 0.306 e. The highest BCUT2D eigenvalue weighted by Crippen LogP contribution is 2.66. The number of hydrogen-bond donors (Lipinski definition) is 1. The van der Waals surface area contributed by atoms with Crippen molar-refractivity contribution in [1.29, 1.82) is 0 Å². The molecule has 6 nitrogen and oxygen atoms in total. The molecule has 0 unspecified atom stereocenters. The number of allylic oxidation sites excluding steroid dienone is 4. The zero-order chi connectivity index (χ0) is 19.9. The zero-order valence-electron chi connectivity index (χ0n) is 16.4. The van der Waals surface area contributed by atoms with E-state index in [1.54, 1.807) is 13.0 Å². The Balaban J connectivity index is 2.00. The highest BCUT2D eigenvalue weighted by Gasteiger charge is 2.71. The molecule has 6 heteroatoms. The van der Waals surface area contributed by atoms with Crippen LogP contribution in [-0.4, -0.2) is 35.9 Å². The second-order valence-electron chi connectivity index (χ2n) is 8.98. The number of hydrogen-bond acceptors (Lipinski definition) is 6.